The average molecular weight is 262 g/mol. The summed E-state index contributed by atoms with van der Waals surface area (Å²) in [5.74, 6) is 0.894. The number of rotatable bonds is 2. The van der Waals surface area contributed by atoms with Crippen LogP contribution < -0.4 is 0 Å². The standard InChI is InChI=1S/C8H11IN2/c1-6(7-2-3-7)11-5-4-8(9)10-11/h4-7H,2-3H2,1H3. The molecule has 1 heterocycles. The van der Waals surface area contributed by atoms with E-state index >= 15 is 0 Å². The first kappa shape index (κ1) is 7.58. The Morgan fingerprint density at radius 1 is 1.73 bits per heavy atom. The average Bonchev–Trinajstić information content (AvgIpc) is 2.74. The third kappa shape index (κ3) is 1.58. The molecule has 0 radical (unpaired) electrons. The van der Waals surface area contributed by atoms with Crippen LogP contribution >= 0.6 is 22.6 Å². The molecule has 1 aromatic heterocycles. The summed E-state index contributed by atoms with van der Waals surface area (Å²) in [6.45, 7) is 2.25. The van der Waals surface area contributed by atoms with E-state index in [-0.39, 0.29) is 0 Å². The zero-order valence-corrected chi connectivity index (χ0v) is 8.65. The predicted octanol–water partition coefficient (Wildman–Crippen LogP) is 2.46. The lowest BCUT2D eigenvalue weighted by molar-refractivity contribution is 0.438. The summed E-state index contributed by atoms with van der Waals surface area (Å²) in [5.41, 5.74) is 0. The Balaban J connectivity index is 2.14. The van der Waals surface area contributed by atoms with Gasteiger partial charge in [-0.15, -0.1) is 0 Å². The van der Waals surface area contributed by atoms with E-state index in [1.54, 1.807) is 0 Å². The molecule has 1 fully saturated rings. The molecule has 3 heteroatoms. The third-order valence-electron chi connectivity index (χ3n) is 2.30. The van der Waals surface area contributed by atoms with E-state index < -0.39 is 0 Å². The molecule has 2 rings (SSSR count). The molecule has 0 aromatic carbocycles. The van der Waals surface area contributed by atoms with Crippen molar-refractivity contribution in [3.63, 3.8) is 0 Å². The van der Waals surface area contributed by atoms with E-state index in [0.717, 1.165) is 9.62 Å². The summed E-state index contributed by atoms with van der Waals surface area (Å²) < 4.78 is 3.18. The minimum absolute atomic E-state index is 0.610. The monoisotopic (exact) mass is 262 g/mol. The van der Waals surface area contributed by atoms with E-state index in [0.29, 0.717) is 6.04 Å². The van der Waals surface area contributed by atoms with Crippen LogP contribution in [-0.4, -0.2) is 9.78 Å². The predicted molar refractivity (Wildman–Crippen MR) is 52.4 cm³/mol. The van der Waals surface area contributed by atoms with Gasteiger partial charge in [-0.3, -0.25) is 4.68 Å². The van der Waals surface area contributed by atoms with Crippen molar-refractivity contribution in [1.82, 2.24) is 9.78 Å². The fraction of sp³-hybridized carbons (Fsp3) is 0.625. The van der Waals surface area contributed by atoms with Crippen molar-refractivity contribution in [1.29, 1.82) is 0 Å². The molecule has 0 bridgehead atoms. The number of aromatic nitrogens is 2. The van der Waals surface area contributed by atoms with Gasteiger partial charge in [0.2, 0.25) is 0 Å². The van der Waals surface area contributed by atoms with Gasteiger partial charge in [-0.1, -0.05) is 0 Å². The molecule has 0 N–H and O–H groups in total. The smallest absolute Gasteiger partial charge is 0.123 e. The van der Waals surface area contributed by atoms with Gasteiger partial charge in [-0.05, 0) is 54.3 Å². The highest BCUT2D eigenvalue weighted by atomic mass is 127. The maximum atomic E-state index is 4.38. The van der Waals surface area contributed by atoms with Crippen LogP contribution in [0.25, 0.3) is 0 Å². The maximum absolute atomic E-state index is 4.38. The first-order valence-corrected chi connectivity index (χ1v) is 5.06. The highest BCUT2D eigenvalue weighted by molar-refractivity contribution is 14.1. The fourth-order valence-corrected chi connectivity index (χ4v) is 1.75. The lowest BCUT2D eigenvalue weighted by Crippen LogP contribution is -2.07. The molecule has 0 saturated heterocycles. The van der Waals surface area contributed by atoms with Gasteiger partial charge in [-0.25, -0.2) is 0 Å². The van der Waals surface area contributed by atoms with Crippen molar-refractivity contribution in [2.45, 2.75) is 25.8 Å². The molecular weight excluding hydrogens is 251 g/mol. The summed E-state index contributed by atoms with van der Waals surface area (Å²) >= 11 is 2.25. The van der Waals surface area contributed by atoms with Crippen LogP contribution in [-0.2, 0) is 0 Å². The van der Waals surface area contributed by atoms with E-state index in [2.05, 4.69) is 51.6 Å². The van der Waals surface area contributed by atoms with Crippen LogP contribution in [0.2, 0.25) is 0 Å². The molecule has 11 heavy (non-hydrogen) atoms. The lowest BCUT2D eigenvalue weighted by atomic mass is 10.2. The normalized spacial score (nSPS) is 20.2. The molecule has 60 valence electrons. The quantitative estimate of drug-likeness (QED) is 0.748. The lowest BCUT2D eigenvalue weighted by Gasteiger charge is -2.09. The van der Waals surface area contributed by atoms with Gasteiger partial charge in [0.05, 0.1) is 6.04 Å². The van der Waals surface area contributed by atoms with Crippen molar-refractivity contribution in [3.8, 4) is 0 Å². The fourth-order valence-electron chi connectivity index (χ4n) is 1.34. The molecule has 1 aromatic rings. The van der Waals surface area contributed by atoms with Crippen LogP contribution in [0, 0.1) is 9.62 Å². The van der Waals surface area contributed by atoms with Gasteiger partial charge < -0.3 is 0 Å². The molecular formula is C8H11IN2. The van der Waals surface area contributed by atoms with Crippen molar-refractivity contribution in [2.24, 2.45) is 5.92 Å². The minimum atomic E-state index is 0.610. The van der Waals surface area contributed by atoms with Gasteiger partial charge >= 0.3 is 0 Å². The highest BCUT2D eigenvalue weighted by Gasteiger charge is 2.29. The topological polar surface area (TPSA) is 17.8 Å². The number of hydrogen-bond acceptors (Lipinski definition) is 1. The van der Waals surface area contributed by atoms with Crippen LogP contribution in [0.4, 0.5) is 0 Å². The Morgan fingerprint density at radius 2 is 2.45 bits per heavy atom. The van der Waals surface area contributed by atoms with E-state index in [1.807, 2.05) is 0 Å². The maximum Gasteiger partial charge on any atom is 0.123 e. The van der Waals surface area contributed by atoms with Gasteiger partial charge in [0.15, 0.2) is 0 Å². The number of hydrogen-bond donors (Lipinski definition) is 0. The Hall–Kier alpha value is -0.0600. The third-order valence-corrected chi connectivity index (χ3v) is 2.87. The van der Waals surface area contributed by atoms with E-state index in [4.69, 9.17) is 0 Å². The molecule has 1 aliphatic carbocycles. The van der Waals surface area contributed by atoms with Gasteiger partial charge in [-0.2, -0.15) is 5.10 Å². The zero-order chi connectivity index (χ0) is 7.84. The summed E-state index contributed by atoms with van der Waals surface area (Å²) in [6.07, 6.45) is 4.85. The van der Waals surface area contributed by atoms with Crippen molar-refractivity contribution < 1.29 is 0 Å². The van der Waals surface area contributed by atoms with Crippen LogP contribution in [0.3, 0.4) is 0 Å². The Morgan fingerprint density at radius 3 is 2.91 bits per heavy atom. The summed E-state index contributed by atoms with van der Waals surface area (Å²) in [5, 5.41) is 4.38. The second kappa shape index (κ2) is 2.77. The number of nitrogens with zero attached hydrogens (tertiary/aromatic N) is 2. The Kier molecular flexibility index (Phi) is 1.91. The Bertz CT molecular complexity index is 252. The number of halogens is 1. The molecule has 1 aliphatic rings. The SMILES string of the molecule is CC(C1CC1)n1ccc(I)n1. The Labute approximate surface area is 80.1 Å². The molecule has 0 spiro atoms. The summed E-state index contributed by atoms with van der Waals surface area (Å²) in [6, 6.07) is 2.66. The van der Waals surface area contributed by atoms with Gasteiger partial charge in [0.1, 0.15) is 3.70 Å². The zero-order valence-electron chi connectivity index (χ0n) is 6.50. The van der Waals surface area contributed by atoms with Crippen LogP contribution in [0.15, 0.2) is 12.3 Å². The molecule has 2 nitrogen and oxygen atoms in total. The molecule has 1 saturated carbocycles. The second-order valence-electron chi connectivity index (χ2n) is 3.20. The first-order valence-electron chi connectivity index (χ1n) is 3.98. The van der Waals surface area contributed by atoms with Crippen LogP contribution in [0.5, 0.6) is 0 Å². The van der Waals surface area contributed by atoms with Crippen molar-refractivity contribution in [3.05, 3.63) is 16.0 Å². The van der Waals surface area contributed by atoms with Crippen molar-refractivity contribution in [2.75, 3.05) is 0 Å². The highest BCUT2D eigenvalue weighted by Crippen LogP contribution is 2.38. The largest absolute Gasteiger partial charge is 0.269 e. The first-order chi connectivity index (χ1) is 5.27. The van der Waals surface area contributed by atoms with Crippen LogP contribution in [0.1, 0.15) is 25.8 Å². The molecule has 1 unspecified atom stereocenters. The summed E-state index contributed by atoms with van der Waals surface area (Å²) in [7, 11) is 0. The van der Waals surface area contributed by atoms with Gasteiger partial charge in [0, 0.05) is 6.20 Å². The van der Waals surface area contributed by atoms with E-state index in [1.165, 1.54) is 12.8 Å². The molecule has 0 amide bonds. The molecule has 1 atom stereocenters. The van der Waals surface area contributed by atoms with E-state index in [9.17, 15) is 0 Å². The minimum Gasteiger partial charge on any atom is -0.269 e. The van der Waals surface area contributed by atoms with Gasteiger partial charge in [0.25, 0.3) is 0 Å². The summed E-state index contributed by atoms with van der Waals surface area (Å²) in [4.78, 5) is 0. The molecule has 0 aliphatic heterocycles. The van der Waals surface area contributed by atoms with Crippen molar-refractivity contribution >= 4 is 22.6 Å². The second-order valence-corrected chi connectivity index (χ2v) is 4.30.